The molecule has 0 atom stereocenters. The molecule has 1 rings (SSSR count). The van der Waals surface area contributed by atoms with E-state index in [9.17, 15) is 0 Å². The molecule has 0 aliphatic carbocycles. The standard InChI is InChI=1S/C13H21N3S2.HI/c1-3-8-17-10-7-15-13(14-4-2)16-11-12-6-5-9-18-12;/h3,5-6,9H,1,4,7-8,10-11H2,2H3,(H2,14,15,16);1H. The zero-order valence-electron chi connectivity index (χ0n) is 11.2. The van der Waals surface area contributed by atoms with E-state index in [0.717, 1.165) is 37.1 Å². The average molecular weight is 411 g/mol. The number of halogens is 1. The molecule has 0 radical (unpaired) electrons. The average Bonchev–Trinajstić information content (AvgIpc) is 2.88. The summed E-state index contributed by atoms with van der Waals surface area (Å²) in [5, 5.41) is 8.66. The molecular weight excluding hydrogens is 389 g/mol. The Kier molecular flexibility index (Phi) is 12.7. The minimum Gasteiger partial charge on any atom is -0.357 e. The monoisotopic (exact) mass is 411 g/mol. The summed E-state index contributed by atoms with van der Waals surface area (Å²) < 4.78 is 0. The number of thiophene rings is 1. The van der Waals surface area contributed by atoms with E-state index in [1.165, 1.54) is 4.88 Å². The fourth-order valence-corrected chi connectivity index (χ4v) is 2.52. The Hall–Kier alpha value is -0.210. The number of hydrogen-bond acceptors (Lipinski definition) is 3. The summed E-state index contributed by atoms with van der Waals surface area (Å²) in [5.41, 5.74) is 0. The van der Waals surface area contributed by atoms with Crippen molar-refractivity contribution >= 4 is 53.0 Å². The van der Waals surface area contributed by atoms with Crippen molar-refractivity contribution in [1.82, 2.24) is 10.6 Å². The smallest absolute Gasteiger partial charge is 0.191 e. The van der Waals surface area contributed by atoms with Crippen molar-refractivity contribution in [3.8, 4) is 0 Å². The Morgan fingerprint density at radius 2 is 2.37 bits per heavy atom. The third-order valence-corrected chi connectivity index (χ3v) is 3.92. The Bertz CT molecular complexity index is 353. The van der Waals surface area contributed by atoms with Crippen LogP contribution in [0.25, 0.3) is 0 Å². The second kappa shape index (κ2) is 12.8. The summed E-state index contributed by atoms with van der Waals surface area (Å²) in [7, 11) is 0. The van der Waals surface area contributed by atoms with Crippen molar-refractivity contribution in [2.24, 2.45) is 4.99 Å². The van der Waals surface area contributed by atoms with E-state index in [1.54, 1.807) is 11.3 Å². The first-order valence-electron chi connectivity index (χ1n) is 6.10. The minimum absolute atomic E-state index is 0. The maximum absolute atomic E-state index is 4.55. The molecule has 108 valence electrons. The second-order valence-electron chi connectivity index (χ2n) is 3.56. The van der Waals surface area contributed by atoms with Gasteiger partial charge in [-0.05, 0) is 18.4 Å². The zero-order valence-corrected chi connectivity index (χ0v) is 15.2. The van der Waals surface area contributed by atoms with Crippen LogP contribution in [0.2, 0.25) is 0 Å². The van der Waals surface area contributed by atoms with Crippen LogP contribution in [0.15, 0.2) is 35.2 Å². The van der Waals surface area contributed by atoms with Gasteiger partial charge in [0.15, 0.2) is 5.96 Å². The van der Waals surface area contributed by atoms with Crippen LogP contribution in [0.1, 0.15) is 11.8 Å². The van der Waals surface area contributed by atoms with Crippen LogP contribution in [0, 0.1) is 0 Å². The second-order valence-corrected chi connectivity index (χ2v) is 5.75. The molecule has 0 spiro atoms. The van der Waals surface area contributed by atoms with Crippen molar-refractivity contribution in [2.45, 2.75) is 13.5 Å². The van der Waals surface area contributed by atoms with Crippen molar-refractivity contribution in [3.63, 3.8) is 0 Å². The van der Waals surface area contributed by atoms with E-state index in [0.29, 0.717) is 0 Å². The van der Waals surface area contributed by atoms with Gasteiger partial charge in [-0.1, -0.05) is 12.1 Å². The lowest BCUT2D eigenvalue weighted by Gasteiger charge is -2.10. The lowest BCUT2D eigenvalue weighted by molar-refractivity contribution is 0.845. The van der Waals surface area contributed by atoms with Gasteiger partial charge in [-0.15, -0.1) is 41.9 Å². The van der Waals surface area contributed by atoms with E-state index in [-0.39, 0.29) is 24.0 Å². The molecule has 1 heterocycles. The van der Waals surface area contributed by atoms with Gasteiger partial charge in [0.2, 0.25) is 0 Å². The van der Waals surface area contributed by atoms with Gasteiger partial charge < -0.3 is 10.6 Å². The van der Waals surface area contributed by atoms with Gasteiger partial charge in [0.25, 0.3) is 0 Å². The first kappa shape index (κ1) is 18.8. The molecule has 0 aromatic carbocycles. The van der Waals surface area contributed by atoms with Crippen LogP contribution in [0.5, 0.6) is 0 Å². The first-order valence-corrected chi connectivity index (χ1v) is 8.13. The van der Waals surface area contributed by atoms with Crippen LogP contribution in [-0.4, -0.2) is 30.6 Å². The van der Waals surface area contributed by atoms with E-state index < -0.39 is 0 Å². The molecule has 2 N–H and O–H groups in total. The van der Waals surface area contributed by atoms with E-state index in [4.69, 9.17) is 0 Å². The molecule has 0 unspecified atom stereocenters. The molecule has 6 heteroatoms. The predicted molar refractivity (Wildman–Crippen MR) is 100 cm³/mol. The summed E-state index contributed by atoms with van der Waals surface area (Å²) in [4.78, 5) is 5.83. The number of nitrogens with one attached hydrogen (secondary N) is 2. The largest absolute Gasteiger partial charge is 0.357 e. The van der Waals surface area contributed by atoms with Crippen molar-refractivity contribution < 1.29 is 0 Å². The number of aliphatic imine (C=N–C) groups is 1. The molecular formula is C13H22IN3S2. The van der Waals surface area contributed by atoms with Gasteiger partial charge in [0.05, 0.1) is 6.54 Å². The van der Waals surface area contributed by atoms with Gasteiger partial charge in [0, 0.05) is 29.5 Å². The summed E-state index contributed by atoms with van der Waals surface area (Å²) >= 11 is 3.61. The highest BCUT2D eigenvalue weighted by molar-refractivity contribution is 14.0. The minimum atomic E-state index is 0. The molecule has 1 aromatic rings. The van der Waals surface area contributed by atoms with Crippen LogP contribution < -0.4 is 10.6 Å². The third-order valence-electron chi connectivity index (χ3n) is 2.09. The number of rotatable bonds is 8. The van der Waals surface area contributed by atoms with E-state index >= 15 is 0 Å². The fourth-order valence-electron chi connectivity index (χ4n) is 1.31. The van der Waals surface area contributed by atoms with Crippen molar-refractivity contribution in [2.75, 3.05) is 24.6 Å². The maximum atomic E-state index is 4.55. The zero-order chi connectivity index (χ0) is 13.1. The fraction of sp³-hybridized carbons (Fsp3) is 0.462. The van der Waals surface area contributed by atoms with E-state index in [1.807, 2.05) is 17.8 Å². The van der Waals surface area contributed by atoms with Crippen LogP contribution >= 0.6 is 47.1 Å². The molecule has 0 saturated heterocycles. The number of nitrogens with zero attached hydrogens (tertiary/aromatic N) is 1. The van der Waals surface area contributed by atoms with Crippen molar-refractivity contribution in [3.05, 3.63) is 35.0 Å². The van der Waals surface area contributed by atoms with Gasteiger partial charge in [0.1, 0.15) is 0 Å². The lowest BCUT2D eigenvalue weighted by atomic mass is 10.5. The van der Waals surface area contributed by atoms with Crippen LogP contribution in [-0.2, 0) is 6.54 Å². The molecule has 0 fully saturated rings. The Morgan fingerprint density at radius 1 is 1.53 bits per heavy atom. The quantitative estimate of drug-likeness (QED) is 0.227. The first-order chi connectivity index (χ1) is 8.86. The number of hydrogen-bond donors (Lipinski definition) is 2. The lowest BCUT2D eigenvalue weighted by Crippen LogP contribution is -2.38. The van der Waals surface area contributed by atoms with Crippen LogP contribution in [0.4, 0.5) is 0 Å². The van der Waals surface area contributed by atoms with Gasteiger partial charge >= 0.3 is 0 Å². The predicted octanol–water partition coefficient (Wildman–Crippen LogP) is 3.34. The van der Waals surface area contributed by atoms with Gasteiger partial charge in [-0.25, -0.2) is 4.99 Å². The van der Waals surface area contributed by atoms with Gasteiger partial charge in [-0.2, -0.15) is 11.8 Å². The van der Waals surface area contributed by atoms with Crippen LogP contribution in [0.3, 0.4) is 0 Å². The van der Waals surface area contributed by atoms with E-state index in [2.05, 4.69) is 46.6 Å². The topological polar surface area (TPSA) is 36.4 Å². The van der Waals surface area contributed by atoms with Crippen molar-refractivity contribution in [1.29, 1.82) is 0 Å². The summed E-state index contributed by atoms with van der Waals surface area (Å²) in [6.45, 7) is 8.34. The SMILES string of the molecule is C=CCSCCNC(=NCc1cccs1)NCC.I. The normalized spacial score (nSPS) is 10.7. The molecule has 19 heavy (non-hydrogen) atoms. The highest BCUT2D eigenvalue weighted by Crippen LogP contribution is 2.09. The molecule has 0 bridgehead atoms. The summed E-state index contributed by atoms with van der Waals surface area (Å²) in [6, 6.07) is 4.17. The molecule has 3 nitrogen and oxygen atoms in total. The summed E-state index contributed by atoms with van der Waals surface area (Å²) in [6.07, 6.45) is 1.93. The Balaban J connectivity index is 0.00000324. The highest BCUT2D eigenvalue weighted by atomic mass is 127. The molecule has 0 aliphatic rings. The maximum Gasteiger partial charge on any atom is 0.191 e. The molecule has 1 aromatic heterocycles. The van der Waals surface area contributed by atoms with Gasteiger partial charge in [-0.3, -0.25) is 0 Å². The number of guanidine groups is 1. The Labute approximate surface area is 141 Å². The Morgan fingerprint density at radius 3 is 3.00 bits per heavy atom. The molecule has 0 aliphatic heterocycles. The highest BCUT2D eigenvalue weighted by Gasteiger charge is 1.97. The summed E-state index contributed by atoms with van der Waals surface area (Å²) in [5.74, 6) is 2.96. The number of thioether (sulfide) groups is 1. The molecule has 0 saturated carbocycles. The molecule has 0 amide bonds. The third kappa shape index (κ3) is 9.34.